The SMILES string of the molecule is COc1cc(B2OC(C)(C)C(C)(C)O2)ccc1N=S1(=O)CCCC1. The minimum Gasteiger partial charge on any atom is -0.494 e. The Bertz CT molecular complexity index is 725. The van der Waals surface area contributed by atoms with E-state index in [0.29, 0.717) is 22.9 Å². The van der Waals surface area contributed by atoms with Crippen LogP contribution in [0, 0.1) is 0 Å². The zero-order valence-electron chi connectivity index (χ0n) is 15.1. The van der Waals surface area contributed by atoms with Crippen LogP contribution in [-0.4, -0.2) is 41.1 Å². The van der Waals surface area contributed by atoms with E-state index >= 15 is 0 Å². The molecule has 3 rings (SSSR count). The van der Waals surface area contributed by atoms with Crippen LogP contribution < -0.4 is 10.2 Å². The molecule has 2 saturated heterocycles. The minimum atomic E-state index is -2.13. The molecule has 0 amide bonds. The Balaban J connectivity index is 1.92. The van der Waals surface area contributed by atoms with E-state index in [0.717, 1.165) is 18.3 Å². The summed E-state index contributed by atoms with van der Waals surface area (Å²) in [5, 5.41) is 0. The van der Waals surface area contributed by atoms with Gasteiger partial charge in [0.2, 0.25) is 0 Å². The summed E-state index contributed by atoms with van der Waals surface area (Å²) in [6, 6.07) is 5.64. The summed E-state index contributed by atoms with van der Waals surface area (Å²) in [4.78, 5) is 0. The van der Waals surface area contributed by atoms with Crippen molar-refractivity contribution < 1.29 is 18.3 Å². The van der Waals surface area contributed by atoms with Gasteiger partial charge in [-0.15, -0.1) is 0 Å². The Morgan fingerprint density at radius 2 is 1.71 bits per heavy atom. The summed E-state index contributed by atoms with van der Waals surface area (Å²) < 4.78 is 34.8. The van der Waals surface area contributed by atoms with Crippen molar-refractivity contribution in [3.05, 3.63) is 18.2 Å². The lowest BCUT2D eigenvalue weighted by atomic mass is 9.79. The standard InChI is InChI=1S/C17H26BNO4S/c1-16(2)17(3,4)23-18(22-16)13-8-9-14(15(12-13)21-5)19-24(20)10-6-7-11-24/h8-9,12H,6-7,10-11H2,1-5H3. The first kappa shape index (κ1) is 17.8. The molecule has 24 heavy (non-hydrogen) atoms. The van der Waals surface area contributed by atoms with Crippen LogP contribution in [0.4, 0.5) is 5.69 Å². The van der Waals surface area contributed by atoms with Crippen molar-refractivity contribution in [3.8, 4) is 5.75 Å². The highest BCUT2D eigenvalue weighted by Crippen LogP contribution is 2.37. The van der Waals surface area contributed by atoms with Gasteiger partial charge < -0.3 is 14.0 Å². The summed E-state index contributed by atoms with van der Waals surface area (Å²) >= 11 is 0. The molecule has 2 heterocycles. The van der Waals surface area contributed by atoms with Gasteiger partial charge in [-0.05, 0) is 58.1 Å². The van der Waals surface area contributed by atoms with Crippen molar-refractivity contribution in [2.24, 2.45) is 4.36 Å². The highest BCUT2D eigenvalue weighted by Gasteiger charge is 2.51. The molecule has 1 aromatic carbocycles. The molecule has 0 radical (unpaired) electrons. The number of nitrogens with zero attached hydrogens (tertiary/aromatic N) is 1. The van der Waals surface area contributed by atoms with E-state index in [1.807, 2.05) is 45.9 Å². The molecule has 0 aromatic heterocycles. The van der Waals surface area contributed by atoms with Gasteiger partial charge in [0.1, 0.15) is 11.4 Å². The predicted octanol–water partition coefficient (Wildman–Crippen LogP) is 2.89. The van der Waals surface area contributed by atoms with Gasteiger partial charge >= 0.3 is 7.12 Å². The lowest BCUT2D eigenvalue weighted by Crippen LogP contribution is -2.41. The third-order valence-corrected chi connectivity index (χ3v) is 7.55. The molecule has 0 N–H and O–H groups in total. The average Bonchev–Trinajstić information content (AvgIpc) is 3.01. The second-order valence-corrected chi connectivity index (χ2v) is 10.0. The molecule has 1 aromatic rings. The van der Waals surface area contributed by atoms with Gasteiger partial charge in [-0.25, -0.2) is 4.21 Å². The highest BCUT2D eigenvalue weighted by molar-refractivity contribution is 7.93. The lowest BCUT2D eigenvalue weighted by molar-refractivity contribution is 0.00578. The molecule has 0 bridgehead atoms. The van der Waals surface area contributed by atoms with E-state index in [2.05, 4.69) is 4.36 Å². The molecule has 5 nitrogen and oxygen atoms in total. The van der Waals surface area contributed by atoms with Crippen LogP contribution in [-0.2, 0) is 19.0 Å². The second kappa shape index (κ2) is 6.04. The maximum Gasteiger partial charge on any atom is 0.494 e. The number of hydrogen-bond donors (Lipinski definition) is 0. The number of benzene rings is 1. The molecule has 2 fully saturated rings. The van der Waals surface area contributed by atoms with Crippen LogP contribution in [0.5, 0.6) is 5.75 Å². The molecule has 2 aliphatic heterocycles. The fourth-order valence-corrected chi connectivity index (χ4v) is 5.13. The van der Waals surface area contributed by atoms with Crippen molar-refractivity contribution in [1.29, 1.82) is 0 Å². The zero-order valence-corrected chi connectivity index (χ0v) is 15.9. The summed E-state index contributed by atoms with van der Waals surface area (Å²) in [7, 11) is -0.971. The van der Waals surface area contributed by atoms with Crippen molar-refractivity contribution >= 4 is 28.0 Å². The minimum absolute atomic E-state index is 0.388. The first-order valence-corrected chi connectivity index (χ1v) is 10.3. The van der Waals surface area contributed by atoms with Crippen LogP contribution in [0.2, 0.25) is 0 Å². The van der Waals surface area contributed by atoms with Crippen molar-refractivity contribution in [2.75, 3.05) is 18.6 Å². The Morgan fingerprint density at radius 3 is 2.25 bits per heavy atom. The van der Waals surface area contributed by atoms with E-state index in [-0.39, 0.29) is 11.2 Å². The van der Waals surface area contributed by atoms with E-state index < -0.39 is 16.8 Å². The summed E-state index contributed by atoms with van der Waals surface area (Å²) in [6.45, 7) is 8.11. The Labute approximate surface area is 145 Å². The quantitative estimate of drug-likeness (QED) is 0.786. The average molecular weight is 351 g/mol. The molecule has 2 aliphatic rings. The van der Waals surface area contributed by atoms with Crippen LogP contribution in [0.15, 0.2) is 22.6 Å². The molecule has 7 heteroatoms. The van der Waals surface area contributed by atoms with Crippen LogP contribution >= 0.6 is 0 Å². The Kier molecular flexibility index (Phi) is 4.47. The van der Waals surface area contributed by atoms with E-state index in [1.54, 1.807) is 7.11 Å². The van der Waals surface area contributed by atoms with Crippen LogP contribution in [0.3, 0.4) is 0 Å². The second-order valence-electron chi connectivity index (χ2n) is 7.50. The smallest absolute Gasteiger partial charge is 0.494 e. The van der Waals surface area contributed by atoms with Gasteiger partial charge in [-0.1, -0.05) is 6.07 Å². The topological polar surface area (TPSA) is 57.1 Å². The van der Waals surface area contributed by atoms with E-state index in [4.69, 9.17) is 14.0 Å². The van der Waals surface area contributed by atoms with Crippen molar-refractivity contribution in [2.45, 2.75) is 51.7 Å². The predicted molar refractivity (Wildman–Crippen MR) is 97.9 cm³/mol. The van der Waals surface area contributed by atoms with Gasteiger partial charge in [0, 0.05) is 11.5 Å². The molecule has 0 unspecified atom stereocenters. The van der Waals surface area contributed by atoms with E-state index in [1.165, 1.54) is 0 Å². The third-order valence-electron chi connectivity index (χ3n) is 5.17. The zero-order chi connectivity index (χ0) is 17.6. The number of ether oxygens (including phenoxy) is 1. The maximum absolute atomic E-state index is 12.7. The Hall–Kier alpha value is -1.05. The fraction of sp³-hybridized carbons (Fsp3) is 0.647. The number of rotatable bonds is 3. The van der Waals surface area contributed by atoms with Crippen LogP contribution in [0.25, 0.3) is 0 Å². The fourth-order valence-electron chi connectivity index (χ4n) is 2.92. The molecule has 0 spiro atoms. The van der Waals surface area contributed by atoms with Crippen LogP contribution in [0.1, 0.15) is 40.5 Å². The lowest BCUT2D eigenvalue weighted by Gasteiger charge is -2.32. The number of hydrogen-bond acceptors (Lipinski definition) is 5. The largest absolute Gasteiger partial charge is 0.494 e. The number of methoxy groups -OCH3 is 1. The summed E-state index contributed by atoms with van der Waals surface area (Å²) in [6.07, 6.45) is 1.97. The summed E-state index contributed by atoms with van der Waals surface area (Å²) in [5.74, 6) is 1.96. The van der Waals surface area contributed by atoms with Gasteiger partial charge in [0.15, 0.2) is 0 Å². The molecule has 0 aliphatic carbocycles. The first-order valence-electron chi connectivity index (χ1n) is 8.42. The molecule has 0 saturated carbocycles. The van der Waals surface area contributed by atoms with Crippen molar-refractivity contribution in [3.63, 3.8) is 0 Å². The third kappa shape index (κ3) is 3.21. The monoisotopic (exact) mass is 351 g/mol. The van der Waals surface area contributed by atoms with Gasteiger partial charge in [-0.3, -0.25) is 0 Å². The molecule has 0 atom stereocenters. The Morgan fingerprint density at radius 1 is 1.12 bits per heavy atom. The summed E-state index contributed by atoms with van der Waals surface area (Å²) in [5.41, 5.74) is 0.748. The van der Waals surface area contributed by atoms with Gasteiger partial charge in [0.05, 0.1) is 28.0 Å². The molecular weight excluding hydrogens is 325 g/mol. The first-order chi connectivity index (χ1) is 11.2. The molecular formula is C17H26BNO4S. The maximum atomic E-state index is 12.7. The van der Waals surface area contributed by atoms with E-state index in [9.17, 15) is 4.21 Å². The normalized spacial score (nSPS) is 24.1. The van der Waals surface area contributed by atoms with Gasteiger partial charge in [0.25, 0.3) is 0 Å². The highest BCUT2D eigenvalue weighted by atomic mass is 32.2. The van der Waals surface area contributed by atoms with Crippen molar-refractivity contribution in [1.82, 2.24) is 0 Å². The van der Waals surface area contributed by atoms with Gasteiger partial charge in [-0.2, -0.15) is 4.36 Å². The molecule has 132 valence electrons.